The molecule has 0 aliphatic carbocycles. The molecule has 0 saturated heterocycles. The Kier molecular flexibility index (Phi) is 5.85. The van der Waals surface area contributed by atoms with Crippen LogP contribution in [0, 0.1) is 6.92 Å². The van der Waals surface area contributed by atoms with Crippen LogP contribution in [0.1, 0.15) is 5.56 Å². The van der Waals surface area contributed by atoms with Gasteiger partial charge in [-0.3, -0.25) is 4.79 Å². The normalized spacial score (nSPS) is 11.4. The van der Waals surface area contributed by atoms with Crippen LogP contribution in [0.2, 0.25) is 0 Å². The third-order valence-electron chi connectivity index (χ3n) is 4.11. The van der Waals surface area contributed by atoms with E-state index in [0.717, 1.165) is 23.2 Å². The zero-order chi connectivity index (χ0) is 20.3. The minimum Gasteiger partial charge on any atom is -0.324 e. The Morgan fingerprint density at radius 3 is 2.50 bits per heavy atom. The lowest BCUT2D eigenvalue weighted by Gasteiger charge is -2.09. The SMILES string of the molecule is Cc1ccccc1-c1nnc(SCC(=O)Nc2ccccc2S(C)(=O)=O)n1C. The second-order valence-corrected chi connectivity index (χ2v) is 9.21. The standard InChI is InChI=1S/C19H20N4O3S2/c1-13-8-4-5-9-14(13)18-21-22-19(23(18)2)27-12-17(24)20-15-10-6-7-11-16(15)28(3,25)26/h4-11H,12H2,1-3H3,(H,20,24). The summed E-state index contributed by atoms with van der Waals surface area (Å²) in [5, 5.41) is 11.7. The lowest BCUT2D eigenvalue weighted by atomic mass is 10.1. The number of anilines is 1. The van der Waals surface area contributed by atoms with Crippen molar-refractivity contribution in [1.29, 1.82) is 0 Å². The molecule has 0 spiro atoms. The van der Waals surface area contributed by atoms with E-state index in [9.17, 15) is 13.2 Å². The number of sulfone groups is 1. The number of amides is 1. The van der Waals surface area contributed by atoms with E-state index in [4.69, 9.17) is 0 Å². The number of aromatic nitrogens is 3. The molecule has 0 unspecified atom stereocenters. The van der Waals surface area contributed by atoms with Crippen molar-refractivity contribution in [2.45, 2.75) is 17.0 Å². The van der Waals surface area contributed by atoms with Gasteiger partial charge in [-0.15, -0.1) is 10.2 Å². The van der Waals surface area contributed by atoms with E-state index in [1.807, 2.05) is 42.8 Å². The van der Waals surface area contributed by atoms with Crippen molar-refractivity contribution < 1.29 is 13.2 Å². The minimum absolute atomic E-state index is 0.0812. The number of nitrogens with zero attached hydrogens (tertiary/aromatic N) is 3. The maximum atomic E-state index is 12.3. The highest BCUT2D eigenvalue weighted by Gasteiger charge is 2.17. The van der Waals surface area contributed by atoms with E-state index in [0.29, 0.717) is 5.16 Å². The van der Waals surface area contributed by atoms with Crippen molar-refractivity contribution >= 4 is 33.2 Å². The predicted octanol–water partition coefficient (Wildman–Crippen LogP) is 2.92. The van der Waals surface area contributed by atoms with Gasteiger partial charge in [0, 0.05) is 18.9 Å². The number of hydrogen-bond donors (Lipinski definition) is 1. The lowest BCUT2D eigenvalue weighted by Crippen LogP contribution is -2.16. The van der Waals surface area contributed by atoms with Crippen LogP contribution < -0.4 is 5.32 Å². The maximum absolute atomic E-state index is 12.3. The highest BCUT2D eigenvalue weighted by Crippen LogP contribution is 2.25. The molecule has 146 valence electrons. The summed E-state index contributed by atoms with van der Waals surface area (Å²) in [6.45, 7) is 2.00. The van der Waals surface area contributed by atoms with Crippen molar-refractivity contribution in [3.05, 3.63) is 54.1 Å². The fourth-order valence-electron chi connectivity index (χ4n) is 2.71. The zero-order valence-corrected chi connectivity index (χ0v) is 17.3. The molecule has 1 heterocycles. The molecule has 0 radical (unpaired) electrons. The van der Waals surface area contributed by atoms with E-state index in [2.05, 4.69) is 15.5 Å². The van der Waals surface area contributed by atoms with Gasteiger partial charge >= 0.3 is 0 Å². The average molecular weight is 417 g/mol. The first-order valence-electron chi connectivity index (χ1n) is 8.44. The first-order valence-corrected chi connectivity index (χ1v) is 11.3. The highest BCUT2D eigenvalue weighted by atomic mass is 32.2. The second kappa shape index (κ2) is 8.15. The third kappa shape index (κ3) is 4.42. The Morgan fingerprint density at radius 1 is 1.11 bits per heavy atom. The minimum atomic E-state index is -3.43. The molecule has 3 aromatic rings. The van der Waals surface area contributed by atoms with Gasteiger partial charge in [-0.2, -0.15) is 0 Å². The van der Waals surface area contributed by atoms with E-state index in [-0.39, 0.29) is 22.2 Å². The molecule has 1 amide bonds. The average Bonchev–Trinajstić information content (AvgIpc) is 3.00. The number of nitrogens with one attached hydrogen (secondary N) is 1. The summed E-state index contributed by atoms with van der Waals surface area (Å²) in [4.78, 5) is 12.4. The number of aryl methyl sites for hydroxylation is 1. The molecule has 28 heavy (non-hydrogen) atoms. The summed E-state index contributed by atoms with van der Waals surface area (Å²) in [5.74, 6) is 0.489. The first-order chi connectivity index (χ1) is 13.3. The van der Waals surface area contributed by atoms with Crippen LogP contribution in [-0.2, 0) is 21.7 Å². The van der Waals surface area contributed by atoms with Crippen molar-refractivity contribution in [3.63, 3.8) is 0 Å². The third-order valence-corrected chi connectivity index (χ3v) is 6.29. The number of carbonyl (C=O) groups excluding carboxylic acids is 1. The number of hydrogen-bond acceptors (Lipinski definition) is 6. The molecular formula is C19H20N4O3S2. The Balaban J connectivity index is 1.71. The van der Waals surface area contributed by atoms with Gasteiger partial charge in [-0.25, -0.2) is 8.42 Å². The molecule has 1 N–H and O–H groups in total. The van der Waals surface area contributed by atoms with Crippen molar-refractivity contribution in [1.82, 2.24) is 14.8 Å². The van der Waals surface area contributed by atoms with Crippen LogP contribution >= 0.6 is 11.8 Å². The lowest BCUT2D eigenvalue weighted by molar-refractivity contribution is -0.113. The molecule has 0 fully saturated rings. The fourth-order valence-corrected chi connectivity index (χ4v) is 4.26. The van der Waals surface area contributed by atoms with Crippen molar-refractivity contribution in [2.75, 3.05) is 17.3 Å². The Morgan fingerprint density at radius 2 is 1.79 bits per heavy atom. The van der Waals surface area contributed by atoms with Crippen LogP contribution in [0.4, 0.5) is 5.69 Å². The second-order valence-electron chi connectivity index (χ2n) is 6.29. The maximum Gasteiger partial charge on any atom is 0.234 e. The van der Waals surface area contributed by atoms with E-state index in [1.54, 1.807) is 18.2 Å². The molecule has 0 bridgehead atoms. The largest absolute Gasteiger partial charge is 0.324 e. The zero-order valence-electron chi connectivity index (χ0n) is 15.7. The van der Waals surface area contributed by atoms with Gasteiger partial charge in [0.15, 0.2) is 20.8 Å². The summed E-state index contributed by atoms with van der Waals surface area (Å²) in [6, 6.07) is 14.2. The van der Waals surface area contributed by atoms with Gasteiger partial charge in [-0.05, 0) is 24.6 Å². The number of thioether (sulfide) groups is 1. The number of para-hydroxylation sites is 1. The quantitative estimate of drug-likeness (QED) is 0.621. The van der Waals surface area contributed by atoms with E-state index in [1.165, 1.54) is 17.8 Å². The first kappa shape index (κ1) is 20.1. The van der Waals surface area contributed by atoms with Crippen LogP contribution in [0.3, 0.4) is 0 Å². The van der Waals surface area contributed by atoms with E-state index >= 15 is 0 Å². The monoisotopic (exact) mass is 416 g/mol. The predicted molar refractivity (Wildman–Crippen MR) is 110 cm³/mol. The molecule has 0 aliphatic rings. The van der Waals surface area contributed by atoms with Crippen molar-refractivity contribution in [3.8, 4) is 11.4 Å². The van der Waals surface area contributed by atoms with Gasteiger partial charge in [-0.1, -0.05) is 48.2 Å². The van der Waals surface area contributed by atoms with E-state index < -0.39 is 9.84 Å². The fraction of sp³-hybridized carbons (Fsp3) is 0.211. The summed E-state index contributed by atoms with van der Waals surface area (Å²) < 4.78 is 25.5. The summed E-state index contributed by atoms with van der Waals surface area (Å²) in [6.07, 6.45) is 1.11. The number of rotatable bonds is 6. The van der Waals surface area contributed by atoms with Crippen LogP contribution in [0.5, 0.6) is 0 Å². The summed E-state index contributed by atoms with van der Waals surface area (Å²) >= 11 is 1.24. The Hall–Kier alpha value is -2.65. The molecule has 9 heteroatoms. The Bertz CT molecular complexity index is 1120. The molecule has 0 saturated carbocycles. The van der Waals surface area contributed by atoms with Gasteiger partial charge < -0.3 is 9.88 Å². The molecule has 3 rings (SSSR count). The van der Waals surface area contributed by atoms with Gasteiger partial charge in [0.25, 0.3) is 0 Å². The Labute approximate surface area is 168 Å². The molecule has 0 aliphatic heterocycles. The molecular weight excluding hydrogens is 396 g/mol. The number of benzene rings is 2. The smallest absolute Gasteiger partial charge is 0.234 e. The van der Waals surface area contributed by atoms with Crippen LogP contribution in [0.25, 0.3) is 11.4 Å². The van der Waals surface area contributed by atoms with Crippen molar-refractivity contribution in [2.24, 2.45) is 7.05 Å². The topological polar surface area (TPSA) is 94.0 Å². The van der Waals surface area contributed by atoms with Gasteiger partial charge in [0.05, 0.1) is 16.3 Å². The van der Waals surface area contributed by atoms with Crippen LogP contribution in [-0.4, -0.2) is 41.1 Å². The molecule has 1 aromatic heterocycles. The molecule has 2 aromatic carbocycles. The number of carbonyl (C=O) groups is 1. The highest BCUT2D eigenvalue weighted by molar-refractivity contribution is 7.99. The van der Waals surface area contributed by atoms with Gasteiger partial charge in [0.2, 0.25) is 5.91 Å². The molecule has 0 atom stereocenters. The van der Waals surface area contributed by atoms with Gasteiger partial charge in [0.1, 0.15) is 0 Å². The summed E-state index contributed by atoms with van der Waals surface area (Å²) in [5.41, 5.74) is 2.34. The van der Waals surface area contributed by atoms with Crippen LogP contribution in [0.15, 0.2) is 58.6 Å². The molecule has 7 nitrogen and oxygen atoms in total. The summed E-state index contributed by atoms with van der Waals surface area (Å²) in [7, 11) is -1.58.